The first-order valence-corrected chi connectivity index (χ1v) is 6.14. The number of carbonyl (C=O) groups is 2. The number of furan rings is 1. The maximum atomic E-state index is 11.4. The maximum absolute atomic E-state index is 11.4. The molecule has 0 saturated heterocycles. The summed E-state index contributed by atoms with van der Waals surface area (Å²) >= 11 is 0. The summed E-state index contributed by atoms with van der Waals surface area (Å²) in [4.78, 5) is 22.3. The molecule has 0 fully saturated rings. The average Bonchev–Trinajstić information content (AvgIpc) is 2.93. The molecule has 2 aromatic rings. The number of rotatable bonds is 4. The summed E-state index contributed by atoms with van der Waals surface area (Å²) in [5.74, 6) is 0.0257. The fourth-order valence-corrected chi connectivity index (χ4v) is 1.78. The first-order chi connectivity index (χ1) is 10.0. The third-order valence-corrected chi connectivity index (χ3v) is 2.85. The van der Waals surface area contributed by atoms with Crippen LogP contribution in [-0.4, -0.2) is 11.7 Å². The molecule has 1 heterocycles. The van der Waals surface area contributed by atoms with Crippen molar-refractivity contribution in [3.63, 3.8) is 0 Å². The van der Waals surface area contributed by atoms with E-state index in [9.17, 15) is 9.59 Å². The number of benzene rings is 1. The van der Waals surface area contributed by atoms with E-state index in [-0.39, 0.29) is 11.4 Å². The monoisotopic (exact) mass is 280 g/mol. The van der Waals surface area contributed by atoms with Crippen molar-refractivity contribution in [3.05, 3.63) is 53.3 Å². The van der Waals surface area contributed by atoms with Gasteiger partial charge in [0, 0.05) is 17.2 Å². The van der Waals surface area contributed by atoms with Crippen molar-refractivity contribution in [1.29, 1.82) is 5.26 Å². The molecule has 21 heavy (non-hydrogen) atoms. The van der Waals surface area contributed by atoms with Crippen LogP contribution < -0.4 is 5.73 Å². The van der Waals surface area contributed by atoms with Gasteiger partial charge in [0.15, 0.2) is 5.78 Å². The molecule has 0 aliphatic heterocycles. The van der Waals surface area contributed by atoms with Crippen molar-refractivity contribution in [3.8, 4) is 17.4 Å². The summed E-state index contributed by atoms with van der Waals surface area (Å²) < 4.78 is 5.54. The number of carbonyl (C=O) groups excluding carboxylic acids is 2. The van der Waals surface area contributed by atoms with Gasteiger partial charge in [0.25, 0.3) is 5.91 Å². The zero-order valence-electron chi connectivity index (χ0n) is 11.3. The minimum absolute atomic E-state index is 0.0379. The quantitative estimate of drug-likeness (QED) is 0.528. The fourth-order valence-electron chi connectivity index (χ4n) is 1.78. The van der Waals surface area contributed by atoms with Gasteiger partial charge in [0.2, 0.25) is 0 Å². The molecular weight excluding hydrogens is 268 g/mol. The number of amides is 1. The van der Waals surface area contributed by atoms with Gasteiger partial charge in [0.05, 0.1) is 0 Å². The van der Waals surface area contributed by atoms with Crippen molar-refractivity contribution in [1.82, 2.24) is 0 Å². The summed E-state index contributed by atoms with van der Waals surface area (Å²) in [5.41, 5.74) is 6.19. The van der Waals surface area contributed by atoms with E-state index in [0.29, 0.717) is 17.1 Å². The summed E-state index contributed by atoms with van der Waals surface area (Å²) in [6, 6.07) is 12.0. The Morgan fingerprint density at radius 2 is 2.05 bits per heavy atom. The minimum Gasteiger partial charge on any atom is -0.457 e. The van der Waals surface area contributed by atoms with E-state index in [1.807, 2.05) is 0 Å². The molecule has 1 aromatic heterocycles. The van der Waals surface area contributed by atoms with Crippen LogP contribution in [0.15, 0.2) is 46.4 Å². The van der Waals surface area contributed by atoms with Crippen molar-refractivity contribution in [2.24, 2.45) is 5.73 Å². The molecule has 5 heteroatoms. The van der Waals surface area contributed by atoms with Crippen LogP contribution in [0.25, 0.3) is 17.4 Å². The SMILES string of the molecule is CC(=O)c1cccc(-c2ccc(C=C(C#N)C(N)=O)o2)c1. The van der Waals surface area contributed by atoms with Gasteiger partial charge in [-0.05, 0) is 25.1 Å². The fraction of sp³-hybridized carbons (Fsp3) is 0.0625. The molecule has 0 radical (unpaired) electrons. The molecule has 0 unspecified atom stereocenters. The Balaban J connectivity index is 2.37. The van der Waals surface area contributed by atoms with Crippen molar-refractivity contribution in [2.75, 3.05) is 0 Å². The van der Waals surface area contributed by atoms with Crippen molar-refractivity contribution in [2.45, 2.75) is 6.92 Å². The highest BCUT2D eigenvalue weighted by Gasteiger charge is 2.09. The number of nitriles is 1. The first kappa shape index (κ1) is 14.3. The normalized spacial score (nSPS) is 11.0. The number of nitrogens with zero attached hydrogens (tertiary/aromatic N) is 1. The standard InChI is InChI=1S/C16H12N2O3/c1-10(19)11-3-2-4-12(7-11)15-6-5-14(21-15)8-13(9-17)16(18)20/h2-8H,1H3,(H2,18,20). The van der Waals surface area contributed by atoms with Crippen LogP contribution in [0, 0.1) is 11.3 Å². The number of primary amides is 1. The van der Waals surface area contributed by atoms with Crippen LogP contribution in [0.3, 0.4) is 0 Å². The molecule has 104 valence electrons. The van der Waals surface area contributed by atoms with Crippen LogP contribution in [0.4, 0.5) is 0 Å². The third-order valence-electron chi connectivity index (χ3n) is 2.85. The molecule has 0 aliphatic rings. The molecule has 0 spiro atoms. The largest absolute Gasteiger partial charge is 0.457 e. The van der Waals surface area contributed by atoms with Gasteiger partial charge in [-0.2, -0.15) is 5.26 Å². The Morgan fingerprint density at radius 1 is 1.29 bits per heavy atom. The summed E-state index contributed by atoms with van der Waals surface area (Å²) in [6.07, 6.45) is 1.28. The Hall–Kier alpha value is -3.13. The molecular formula is C16H12N2O3. The number of hydrogen-bond donors (Lipinski definition) is 1. The molecule has 0 atom stereocenters. The topological polar surface area (TPSA) is 97.1 Å². The third kappa shape index (κ3) is 3.25. The lowest BCUT2D eigenvalue weighted by Gasteiger charge is -1.99. The summed E-state index contributed by atoms with van der Waals surface area (Å²) in [7, 11) is 0. The van der Waals surface area contributed by atoms with E-state index in [2.05, 4.69) is 0 Å². The maximum Gasteiger partial charge on any atom is 0.259 e. The van der Waals surface area contributed by atoms with E-state index in [0.717, 1.165) is 5.56 Å². The van der Waals surface area contributed by atoms with Crippen LogP contribution >= 0.6 is 0 Å². The zero-order chi connectivity index (χ0) is 15.4. The highest BCUT2D eigenvalue weighted by Crippen LogP contribution is 2.24. The van der Waals surface area contributed by atoms with Gasteiger partial charge in [-0.3, -0.25) is 9.59 Å². The van der Waals surface area contributed by atoms with Gasteiger partial charge in [-0.15, -0.1) is 0 Å². The van der Waals surface area contributed by atoms with E-state index >= 15 is 0 Å². The molecule has 0 saturated carbocycles. The minimum atomic E-state index is -0.811. The Morgan fingerprint density at radius 3 is 2.67 bits per heavy atom. The van der Waals surface area contributed by atoms with Gasteiger partial charge in [0.1, 0.15) is 23.2 Å². The van der Waals surface area contributed by atoms with E-state index in [4.69, 9.17) is 15.4 Å². The highest BCUT2D eigenvalue weighted by atomic mass is 16.3. The van der Waals surface area contributed by atoms with Crippen molar-refractivity contribution < 1.29 is 14.0 Å². The van der Waals surface area contributed by atoms with Gasteiger partial charge >= 0.3 is 0 Å². The van der Waals surface area contributed by atoms with E-state index < -0.39 is 5.91 Å². The summed E-state index contributed by atoms with van der Waals surface area (Å²) in [5, 5.41) is 8.78. The second kappa shape index (κ2) is 5.88. The molecule has 0 aliphatic carbocycles. The van der Waals surface area contributed by atoms with Crippen LogP contribution in [-0.2, 0) is 4.79 Å². The zero-order valence-corrected chi connectivity index (χ0v) is 11.3. The second-order valence-electron chi connectivity index (χ2n) is 4.37. The van der Waals surface area contributed by atoms with Gasteiger partial charge in [-0.1, -0.05) is 18.2 Å². The summed E-state index contributed by atoms with van der Waals surface area (Å²) in [6.45, 7) is 1.49. The lowest BCUT2D eigenvalue weighted by atomic mass is 10.1. The number of nitrogens with two attached hydrogens (primary N) is 1. The molecule has 1 amide bonds. The van der Waals surface area contributed by atoms with E-state index in [1.165, 1.54) is 13.0 Å². The Kier molecular flexibility index (Phi) is 4.00. The highest BCUT2D eigenvalue weighted by molar-refractivity contribution is 6.00. The molecule has 2 N–H and O–H groups in total. The smallest absolute Gasteiger partial charge is 0.259 e. The predicted molar refractivity (Wildman–Crippen MR) is 76.9 cm³/mol. The number of Topliss-reactive ketones (excluding diaryl/α,β-unsaturated/α-hetero) is 1. The molecule has 5 nitrogen and oxygen atoms in total. The molecule has 1 aromatic carbocycles. The average molecular weight is 280 g/mol. The van der Waals surface area contributed by atoms with E-state index in [1.54, 1.807) is 42.5 Å². The van der Waals surface area contributed by atoms with Crippen LogP contribution in [0.2, 0.25) is 0 Å². The van der Waals surface area contributed by atoms with Crippen LogP contribution in [0.1, 0.15) is 23.0 Å². The first-order valence-electron chi connectivity index (χ1n) is 6.14. The Bertz CT molecular complexity index is 779. The van der Waals surface area contributed by atoms with Crippen LogP contribution in [0.5, 0.6) is 0 Å². The van der Waals surface area contributed by atoms with Gasteiger partial charge in [-0.25, -0.2) is 0 Å². The molecule has 0 bridgehead atoms. The Labute approximate surface area is 121 Å². The second-order valence-corrected chi connectivity index (χ2v) is 4.37. The van der Waals surface area contributed by atoms with Gasteiger partial charge < -0.3 is 10.2 Å². The predicted octanol–water partition coefficient (Wildman–Crippen LogP) is 2.54. The number of hydrogen-bond acceptors (Lipinski definition) is 4. The lowest BCUT2D eigenvalue weighted by Crippen LogP contribution is -2.12. The number of ketones is 1. The lowest BCUT2D eigenvalue weighted by molar-refractivity contribution is -0.114. The van der Waals surface area contributed by atoms with Crippen molar-refractivity contribution >= 4 is 17.8 Å². The molecule has 2 rings (SSSR count).